The summed E-state index contributed by atoms with van der Waals surface area (Å²) in [5.41, 5.74) is 26.4. The van der Waals surface area contributed by atoms with Crippen molar-refractivity contribution in [2.24, 2.45) is 0 Å². The van der Waals surface area contributed by atoms with Crippen LogP contribution in [0.25, 0.3) is 72.0 Å². The van der Waals surface area contributed by atoms with Crippen LogP contribution in [0.15, 0.2) is 194 Å². The van der Waals surface area contributed by atoms with Crippen LogP contribution in [-0.2, 0) is 0 Å². The Kier molecular flexibility index (Phi) is 5.95. The van der Waals surface area contributed by atoms with Crippen LogP contribution in [0.4, 0.5) is 17.1 Å². The van der Waals surface area contributed by atoms with Crippen molar-refractivity contribution in [3.8, 4) is 50.2 Å². The van der Waals surface area contributed by atoms with Crippen molar-refractivity contribution < 1.29 is 0 Å². The van der Waals surface area contributed by atoms with Crippen LogP contribution < -0.4 is 37.7 Å². The van der Waals surface area contributed by atoms with Gasteiger partial charge in [-0.25, -0.2) is 0 Å². The van der Waals surface area contributed by atoms with Gasteiger partial charge in [-0.3, -0.25) is 0 Å². The Labute approximate surface area is 337 Å². The molecule has 0 saturated heterocycles. The third-order valence-corrected chi connectivity index (χ3v) is 13.6. The van der Waals surface area contributed by atoms with Gasteiger partial charge in [0.15, 0.2) is 0 Å². The van der Waals surface area contributed by atoms with Crippen LogP contribution in [0, 0.1) is 0 Å². The van der Waals surface area contributed by atoms with Gasteiger partial charge >= 0.3 is 0 Å². The van der Waals surface area contributed by atoms with Crippen LogP contribution >= 0.6 is 0 Å². The van der Waals surface area contributed by atoms with Gasteiger partial charge in [-0.1, -0.05) is 157 Å². The Hall–Kier alpha value is -7.29. The summed E-state index contributed by atoms with van der Waals surface area (Å²) in [7, 11) is 0. The lowest BCUT2D eigenvalue weighted by atomic mass is 9.32. The molecule has 0 N–H and O–H groups in total. The van der Waals surface area contributed by atoms with E-state index in [1.807, 2.05) is 0 Å². The van der Waals surface area contributed by atoms with Crippen LogP contribution in [0.3, 0.4) is 0 Å². The molecule has 4 aliphatic heterocycles. The molecule has 0 atom stereocenters. The minimum Gasteiger partial charge on any atom is -0.312 e. The first-order valence-electron chi connectivity index (χ1n) is 20.4. The molecule has 2 nitrogen and oxygen atoms in total. The van der Waals surface area contributed by atoms with Gasteiger partial charge in [0.2, 0.25) is 13.4 Å². The second kappa shape index (κ2) is 11.2. The van der Waals surface area contributed by atoms with Gasteiger partial charge < -0.3 is 9.47 Å². The fourth-order valence-corrected chi connectivity index (χ4v) is 11.3. The highest BCUT2D eigenvalue weighted by Crippen LogP contribution is 2.45. The van der Waals surface area contributed by atoms with E-state index in [4.69, 9.17) is 0 Å². The van der Waals surface area contributed by atoms with Crippen LogP contribution in [0.2, 0.25) is 0 Å². The first kappa shape index (κ1) is 30.9. The Balaban J connectivity index is 1.11. The van der Waals surface area contributed by atoms with Gasteiger partial charge in [-0.15, -0.1) is 0 Å². The molecule has 0 radical (unpaired) electrons. The molecule has 0 bridgehead atoms. The maximum Gasteiger partial charge on any atom is 0.248 e. The molecule has 0 fully saturated rings. The first-order chi connectivity index (χ1) is 28.8. The van der Waals surface area contributed by atoms with Gasteiger partial charge in [-0.05, 0) is 115 Å². The first-order valence-corrected chi connectivity index (χ1v) is 20.4. The summed E-state index contributed by atoms with van der Waals surface area (Å²) in [6.07, 6.45) is 0. The largest absolute Gasteiger partial charge is 0.312 e. The van der Waals surface area contributed by atoms with E-state index in [1.165, 1.54) is 122 Å². The Bertz CT molecular complexity index is 3200. The molecule has 58 heavy (non-hydrogen) atoms. The highest BCUT2D eigenvalue weighted by atomic mass is 15.2. The number of aromatic nitrogens is 1. The summed E-state index contributed by atoms with van der Waals surface area (Å²) in [5, 5.41) is 2.53. The lowest BCUT2D eigenvalue weighted by Gasteiger charge is -2.43. The Morgan fingerprint density at radius 3 is 1.28 bits per heavy atom. The maximum absolute atomic E-state index is 2.63. The molecule has 264 valence electrons. The molecule has 0 saturated carbocycles. The van der Waals surface area contributed by atoms with Gasteiger partial charge in [0.1, 0.15) is 0 Å². The number of hydrogen-bond acceptors (Lipinski definition) is 1. The zero-order valence-corrected chi connectivity index (χ0v) is 31.5. The standard InChI is InChI=1S/C54H32B2N2/c1-3-13-33(14-4-1)35-25-27-48-42(29-35)43-30-36(34-15-5-2-6-16-34)26-28-49(43)57(48)37-31-46-54-47(32-37)56-45-22-10-8-18-39(45)41-20-12-24-51(53(41)56)58(54)50-23-11-19-40-38-17-7-9-21-44(38)55(46)52(40)50/h1-32H. The van der Waals surface area contributed by atoms with Crippen molar-refractivity contribution >= 4 is 85.1 Å². The topological polar surface area (TPSA) is 8.17 Å². The maximum atomic E-state index is 2.63. The summed E-state index contributed by atoms with van der Waals surface area (Å²) >= 11 is 0. The monoisotopic (exact) mass is 730 g/mol. The number of hydrogen-bond donors (Lipinski definition) is 0. The lowest BCUT2D eigenvalue weighted by Crippen LogP contribution is -2.63. The molecular formula is C54H32B2N2. The van der Waals surface area contributed by atoms with Crippen LogP contribution in [0.5, 0.6) is 0 Å². The van der Waals surface area contributed by atoms with E-state index in [0.717, 1.165) is 0 Å². The van der Waals surface area contributed by atoms with Crippen LogP contribution in [-0.4, -0.2) is 18.0 Å². The number of anilines is 3. The number of rotatable bonds is 3. The van der Waals surface area contributed by atoms with E-state index in [1.54, 1.807) is 0 Å². The number of benzene rings is 9. The molecule has 1 aromatic heterocycles. The average Bonchev–Trinajstić information content (AvgIpc) is 3.93. The predicted molar refractivity (Wildman–Crippen MR) is 247 cm³/mol. The Morgan fingerprint density at radius 1 is 0.328 bits per heavy atom. The lowest BCUT2D eigenvalue weighted by molar-refractivity contribution is 1.18. The summed E-state index contributed by atoms with van der Waals surface area (Å²) < 4.78 is 2.56. The van der Waals surface area contributed by atoms with Crippen LogP contribution in [0.1, 0.15) is 0 Å². The Morgan fingerprint density at radius 2 is 0.776 bits per heavy atom. The van der Waals surface area contributed by atoms with E-state index in [0.29, 0.717) is 0 Å². The minimum atomic E-state index is 0.135. The zero-order valence-electron chi connectivity index (χ0n) is 31.5. The van der Waals surface area contributed by atoms with E-state index < -0.39 is 0 Å². The summed E-state index contributed by atoms with van der Waals surface area (Å²) in [4.78, 5) is 2.63. The van der Waals surface area contributed by atoms with Crippen molar-refractivity contribution in [1.82, 2.24) is 4.57 Å². The fourth-order valence-electron chi connectivity index (χ4n) is 11.3. The summed E-state index contributed by atoms with van der Waals surface area (Å²) in [6, 6.07) is 73.0. The van der Waals surface area contributed by atoms with Gasteiger partial charge in [0.05, 0.1) is 11.0 Å². The van der Waals surface area contributed by atoms with Gasteiger partial charge in [-0.2, -0.15) is 0 Å². The molecule has 4 heteroatoms. The smallest absolute Gasteiger partial charge is 0.248 e. The molecule has 0 spiro atoms. The van der Waals surface area contributed by atoms with Crippen molar-refractivity contribution in [2.45, 2.75) is 0 Å². The highest BCUT2D eigenvalue weighted by molar-refractivity contribution is 7.05. The molecule has 14 rings (SSSR count). The number of nitrogens with zero attached hydrogens (tertiary/aromatic N) is 2. The molecule has 5 heterocycles. The van der Waals surface area contributed by atoms with Gasteiger partial charge in [0, 0.05) is 33.5 Å². The number of fused-ring (bicyclic) bond motifs is 13. The zero-order chi connectivity index (χ0) is 37.6. The van der Waals surface area contributed by atoms with Crippen molar-refractivity contribution in [1.29, 1.82) is 0 Å². The van der Waals surface area contributed by atoms with Gasteiger partial charge in [0.25, 0.3) is 0 Å². The molecular weight excluding hydrogens is 698 g/mol. The molecule has 0 amide bonds. The molecule has 10 aromatic rings. The SMILES string of the molecule is c1ccc(-c2ccc3c(c2)c2cc(-c4ccccc4)ccc2n3-c2cc3c4c(c2)B2c5ccccc5-c5cccc(c52)N4c2cccc4c2B3c2ccccc2-4)cc1. The quantitative estimate of drug-likeness (QED) is 0.165. The summed E-state index contributed by atoms with van der Waals surface area (Å²) in [6.45, 7) is 0.271. The third kappa shape index (κ3) is 3.90. The fraction of sp³-hybridized carbons (Fsp3) is 0. The molecule has 4 aliphatic rings. The molecule has 0 unspecified atom stereocenters. The molecule has 0 aliphatic carbocycles. The van der Waals surface area contributed by atoms with Crippen molar-refractivity contribution in [2.75, 3.05) is 4.90 Å². The van der Waals surface area contributed by atoms with E-state index >= 15 is 0 Å². The second-order valence-corrected chi connectivity index (χ2v) is 16.4. The second-order valence-electron chi connectivity index (χ2n) is 16.4. The minimum absolute atomic E-state index is 0.135. The van der Waals surface area contributed by atoms with Crippen molar-refractivity contribution in [3.05, 3.63) is 194 Å². The summed E-state index contributed by atoms with van der Waals surface area (Å²) in [5.74, 6) is 0. The normalized spacial score (nSPS) is 13.4. The van der Waals surface area contributed by atoms with E-state index in [9.17, 15) is 0 Å². The van der Waals surface area contributed by atoms with E-state index in [-0.39, 0.29) is 13.4 Å². The average molecular weight is 730 g/mol. The van der Waals surface area contributed by atoms with Crippen molar-refractivity contribution in [3.63, 3.8) is 0 Å². The predicted octanol–water partition coefficient (Wildman–Crippen LogP) is 9.21. The third-order valence-electron chi connectivity index (χ3n) is 13.6. The van der Waals surface area contributed by atoms with E-state index in [2.05, 4.69) is 204 Å². The molecule has 9 aromatic carbocycles. The highest BCUT2D eigenvalue weighted by Gasteiger charge is 2.49.